The number of hydrogen-bond donors (Lipinski definition) is 0. The molecule has 0 unspecified atom stereocenters. The highest BCUT2D eigenvalue weighted by molar-refractivity contribution is 8.00. The van der Waals surface area contributed by atoms with Crippen molar-refractivity contribution in [1.82, 2.24) is 0 Å². The van der Waals surface area contributed by atoms with E-state index in [2.05, 4.69) is 6.92 Å². The third kappa shape index (κ3) is 4.64. The van der Waals surface area contributed by atoms with Crippen LogP contribution >= 0.6 is 11.8 Å². The SMILES string of the molecule is CCCOc1ccc(C)cc1C(=O)CSc1ccccc1. The van der Waals surface area contributed by atoms with Gasteiger partial charge in [0.15, 0.2) is 5.78 Å². The number of Topliss-reactive ketones (excluding diaryl/α,β-unsaturated/α-hetero) is 1. The molecule has 0 N–H and O–H groups in total. The maximum atomic E-state index is 12.5. The van der Waals surface area contributed by atoms with Crippen molar-refractivity contribution in [1.29, 1.82) is 0 Å². The van der Waals surface area contributed by atoms with Gasteiger partial charge < -0.3 is 4.74 Å². The van der Waals surface area contributed by atoms with Gasteiger partial charge in [0.25, 0.3) is 0 Å². The third-order valence-corrected chi connectivity index (χ3v) is 4.02. The average molecular weight is 300 g/mol. The van der Waals surface area contributed by atoms with E-state index in [1.807, 2.05) is 55.5 Å². The number of ketones is 1. The van der Waals surface area contributed by atoms with Crippen LogP contribution in [-0.4, -0.2) is 18.1 Å². The Morgan fingerprint density at radius 3 is 2.62 bits per heavy atom. The quantitative estimate of drug-likeness (QED) is 0.545. The summed E-state index contributed by atoms with van der Waals surface area (Å²) in [7, 11) is 0. The summed E-state index contributed by atoms with van der Waals surface area (Å²) in [4.78, 5) is 13.6. The van der Waals surface area contributed by atoms with E-state index in [1.165, 1.54) is 0 Å². The predicted molar refractivity (Wildman–Crippen MR) is 88.5 cm³/mol. The molecule has 3 heteroatoms. The number of carbonyl (C=O) groups is 1. The van der Waals surface area contributed by atoms with Crippen molar-refractivity contribution in [2.24, 2.45) is 0 Å². The molecule has 0 spiro atoms. The monoisotopic (exact) mass is 300 g/mol. The molecule has 0 amide bonds. The van der Waals surface area contributed by atoms with E-state index >= 15 is 0 Å². The lowest BCUT2D eigenvalue weighted by atomic mass is 10.1. The Morgan fingerprint density at radius 1 is 1.14 bits per heavy atom. The highest BCUT2D eigenvalue weighted by Crippen LogP contribution is 2.24. The predicted octanol–water partition coefficient (Wildman–Crippen LogP) is 4.76. The van der Waals surface area contributed by atoms with Crippen LogP contribution in [0, 0.1) is 6.92 Å². The topological polar surface area (TPSA) is 26.3 Å². The molecular weight excluding hydrogens is 280 g/mol. The van der Waals surface area contributed by atoms with Crippen molar-refractivity contribution in [3.05, 3.63) is 59.7 Å². The van der Waals surface area contributed by atoms with Crippen LogP contribution in [0.2, 0.25) is 0 Å². The Bertz CT molecular complexity index is 593. The van der Waals surface area contributed by atoms with Gasteiger partial charge >= 0.3 is 0 Å². The number of benzene rings is 2. The molecule has 0 aliphatic rings. The van der Waals surface area contributed by atoms with Gasteiger partial charge in [-0.25, -0.2) is 0 Å². The minimum Gasteiger partial charge on any atom is -0.493 e. The smallest absolute Gasteiger partial charge is 0.176 e. The molecular formula is C18H20O2S. The molecule has 110 valence electrons. The second kappa shape index (κ2) is 7.89. The number of carbonyl (C=O) groups excluding carboxylic acids is 1. The van der Waals surface area contributed by atoms with Gasteiger partial charge in [0.2, 0.25) is 0 Å². The van der Waals surface area contributed by atoms with Crippen molar-refractivity contribution >= 4 is 17.5 Å². The highest BCUT2D eigenvalue weighted by atomic mass is 32.2. The molecule has 0 radical (unpaired) electrons. The first-order valence-electron chi connectivity index (χ1n) is 7.15. The Morgan fingerprint density at radius 2 is 1.90 bits per heavy atom. The Balaban J connectivity index is 2.08. The molecule has 0 fully saturated rings. The molecule has 2 aromatic rings. The van der Waals surface area contributed by atoms with Gasteiger partial charge in [0.05, 0.1) is 17.9 Å². The van der Waals surface area contributed by atoms with Gasteiger partial charge in [-0.1, -0.05) is 36.8 Å². The van der Waals surface area contributed by atoms with E-state index in [0.29, 0.717) is 23.7 Å². The maximum absolute atomic E-state index is 12.5. The molecule has 2 rings (SSSR count). The molecule has 0 saturated carbocycles. The summed E-state index contributed by atoms with van der Waals surface area (Å²) < 4.78 is 5.68. The van der Waals surface area contributed by atoms with Crippen LogP contribution in [0.25, 0.3) is 0 Å². The molecule has 0 bridgehead atoms. The third-order valence-electron chi connectivity index (χ3n) is 3.01. The largest absolute Gasteiger partial charge is 0.493 e. The number of hydrogen-bond acceptors (Lipinski definition) is 3. The molecule has 0 aromatic heterocycles. The van der Waals surface area contributed by atoms with Crippen molar-refractivity contribution in [3.8, 4) is 5.75 Å². The first-order valence-corrected chi connectivity index (χ1v) is 8.13. The van der Waals surface area contributed by atoms with E-state index in [-0.39, 0.29) is 5.78 Å². The van der Waals surface area contributed by atoms with Crippen LogP contribution in [0.3, 0.4) is 0 Å². The van der Waals surface area contributed by atoms with Gasteiger partial charge in [-0.05, 0) is 37.6 Å². The number of rotatable bonds is 7. The molecule has 2 aromatic carbocycles. The van der Waals surface area contributed by atoms with E-state index < -0.39 is 0 Å². The summed E-state index contributed by atoms with van der Waals surface area (Å²) in [5, 5.41) is 0. The first kappa shape index (κ1) is 15.6. The fourth-order valence-electron chi connectivity index (χ4n) is 1.94. The highest BCUT2D eigenvalue weighted by Gasteiger charge is 2.13. The summed E-state index contributed by atoms with van der Waals surface area (Å²) in [5.41, 5.74) is 1.76. The lowest BCUT2D eigenvalue weighted by molar-refractivity contribution is 0.101. The molecule has 2 nitrogen and oxygen atoms in total. The summed E-state index contributed by atoms with van der Waals surface area (Å²) in [6.07, 6.45) is 0.931. The Kier molecular flexibility index (Phi) is 5.88. The van der Waals surface area contributed by atoms with Crippen LogP contribution in [0.5, 0.6) is 5.75 Å². The second-order valence-corrected chi connectivity index (χ2v) is 5.92. The summed E-state index contributed by atoms with van der Waals surface area (Å²) in [5.74, 6) is 1.23. The van der Waals surface area contributed by atoms with Gasteiger partial charge in [-0.15, -0.1) is 11.8 Å². The maximum Gasteiger partial charge on any atom is 0.176 e. The van der Waals surface area contributed by atoms with Crippen molar-refractivity contribution in [2.75, 3.05) is 12.4 Å². The van der Waals surface area contributed by atoms with Crippen molar-refractivity contribution in [3.63, 3.8) is 0 Å². The summed E-state index contributed by atoms with van der Waals surface area (Å²) in [6, 6.07) is 15.8. The van der Waals surface area contributed by atoms with E-state index in [0.717, 1.165) is 16.9 Å². The molecule has 21 heavy (non-hydrogen) atoms. The van der Waals surface area contributed by atoms with Crippen LogP contribution in [-0.2, 0) is 0 Å². The van der Waals surface area contributed by atoms with Crippen LogP contribution in [0.15, 0.2) is 53.4 Å². The zero-order valence-electron chi connectivity index (χ0n) is 12.5. The van der Waals surface area contributed by atoms with Gasteiger partial charge in [0, 0.05) is 4.90 Å². The molecule has 0 aliphatic carbocycles. The number of ether oxygens (including phenoxy) is 1. The minimum absolute atomic E-state index is 0.110. The lowest BCUT2D eigenvalue weighted by Gasteiger charge is -2.11. The molecule has 0 atom stereocenters. The van der Waals surface area contributed by atoms with Crippen molar-refractivity contribution in [2.45, 2.75) is 25.2 Å². The number of thioether (sulfide) groups is 1. The molecule has 0 aliphatic heterocycles. The fraction of sp³-hybridized carbons (Fsp3) is 0.278. The van der Waals surface area contributed by atoms with E-state index in [1.54, 1.807) is 11.8 Å². The van der Waals surface area contributed by atoms with Crippen LogP contribution < -0.4 is 4.74 Å². The zero-order valence-corrected chi connectivity index (χ0v) is 13.3. The minimum atomic E-state index is 0.110. The Labute approximate surface area is 130 Å². The van der Waals surface area contributed by atoms with Crippen molar-refractivity contribution < 1.29 is 9.53 Å². The zero-order chi connectivity index (χ0) is 15.1. The van der Waals surface area contributed by atoms with Gasteiger partial charge in [-0.3, -0.25) is 4.79 Å². The second-order valence-electron chi connectivity index (χ2n) is 4.87. The molecule has 0 saturated heterocycles. The van der Waals surface area contributed by atoms with Gasteiger partial charge in [0.1, 0.15) is 5.75 Å². The van der Waals surface area contributed by atoms with E-state index in [9.17, 15) is 4.79 Å². The van der Waals surface area contributed by atoms with E-state index in [4.69, 9.17) is 4.74 Å². The van der Waals surface area contributed by atoms with Gasteiger partial charge in [-0.2, -0.15) is 0 Å². The fourth-order valence-corrected chi connectivity index (χ4v) is 2.75. The summed E-state index contributed by atoms with van der Waals surface area (Å²) >= 11 is 1.56. The lowest BCUT2D eigenvalue weighted by Crippen LogP contribution is -2.07. The standard InChI is InChI=1S/C18H20O2S/c1-3-11-20-18-10-9-14(2)12-16(18)17(19)13-21-15-7-5-4-6-8-15/h4-10,12H,3,11,13H2,1-2H3. The molecule has 0 heterocycles. The number of aryl methyl sites for hydroxylation is 1. The van der Waals surface area contributed by atoms with Crippen LogP contribution in [0.4, 0.5) is 0 Å². The first-order chi connectivity index (χ1) is 10.2. The normalized spacial score (nSPS) is 10.4. The van der Waals surface area contributed by atoms with Crippen LogP contribution in [0.1, 0.15) is 29.3 Å². The average Bonchev–Trinajstić information content (AvgIpc) is 2.52. The Hall–Kier alpha value is -1.74. The summed E-state index contributed by atoms with van der Waals surface area (Å²) in [6.45, 7) is 4.68.